The van der Waals surface area contributed by atoms with Gasteiger partial charge >= 0.3 is 0 Å². The van der Waals surface area contributed by atoms with E-state index in [0.29, 0.717) is 11.9 Å². The molecule has 41 heavy (non-hydrogen) atoms. The maximum absolute atomic E-state index is 6.85. The van der Waals surface area contributed by atoms with Gasteiger partial charge in [-0.05, 0) is 76.3 Å². The molecule has 0 radical (unpaired) electrons. The van der Waals surface area contributed by atoms with Crippen molar-refractivity contribution < 1.29 is 13.3 Å². The lowest BCUT2D eigenvalue weighted by atomic mass is 10.4. The Hall–Kier alpha value is -2.95. The van der Waals surface area contributed by atoms with E-state index in [-0.39, 0.29) is 0 Å². The first-order valence-corrected chi connectivity index (χ1v) is 23.5. The predicted molar refractivity (Wildman–Crippen MR) is 184 cm³/mol. The molecule has 3 nitrogen and oxygen atoms in total. The topological polar surface area (TPSA) is 31.6 Å². The minimum Gasteiger partial charge on any atom is -0.519 e. The van der Waals surface area contributed by atoms with Gasteiger partial charge in [-0.2, -0.15) is 0 Å². The molecular formula is C34H38O3P2Si2. The highest BCUT2D eigenvalue weighted by molar-refractivity contribution is 7.85. The zero-order valence-corrected chi connectivity index (χ0v) is 28.5. The first kappa shape index (κ1) is 29.5. The minimum absolute atomic E-state index is 0.616. The highest BCUT2D eigenvalue weighted by Crippen LogP contribution is 2.47. The van der Waals surface area contributed by atoms with Crippen molar-refractivity contribution >= 4 is 64.3 Å². The van der Waals surface area contributed by atoms with Crippen LogP contribution in [0.4, 0.5) is 0 Å². The zero-order chi connectivity index (χ0) is 29.0. The summed E-state index contributed by atoms with van der Waals surface area (Å²) in [6.07, 6.45) is 0. The monoisotopic (exact) mass is 612 g/mol. The van der Waals surface area contributed by atoms with Crippen molar-refractivity contribution in [2.75, 3.05) is 0 Å². The molecule has 5 aromatic rings. The van der Waals surface area contributed by atoms with Gasteiger partial charge in [0.05, 0.1) is 10.6 Å². The summed E-state index contributed by atoms with van der Waals surface area (Å²) in [5, 5.41) is 7.29. The summed E-state index contributed by atoms with van der Waals surface area (Å²) in [6.45, 7) is 13.3. The summed E-state index contributed by atoms with van der Waals surface area (Å²) in [5.74, 6) is 1.23. The van der Waals surface area contributed by atoms with Gasteiger partial charge in [-0.3, -0.25) is 0 Å². The Balaban J connectivity index is 1.91. The molecule has 0 atom stereocenters. The third-order valence-electron chi connectivity index (χ3n) is 6.10. The number of hydrogen-bond acceptors (Lipinski definition) is 3. The van der Waals surface area contributed by atoms with Crippen molar-refractivity contribution in [2.24, 2.45) is 0 Å². The summed E-state index contributed by atoms with van der Waals surface area (Å²) in [4.78, 5) is 0. The van der Waals surface area contributed by atoms with Gasteiger partial charge in [0.1, 0.15) is 0 Å². The lowest BCUT2D eigenvalue weighted by Crippen LogP contribution is -2.38. The third kappa shape index (κ3) is 7.29. The smallest absolute Gasteiger partial charge is 0.283 e. The third-order valence-corrected chi connectivity index (χ3v) is 12.8. The van der Waals surface area contributed by atoms with Gasteiger partial charge < -0.3 is 13.3 Å². The highest BCUT2D eigenvalue weighted by Gasteiger charge is 2.39. The average molecular weight is 613 g/mol. The highest BCUT2D eigenvalue weighted by atomic mass is 31.1. The standard InChI is InChI=1S/C34H38O3P2Si2/c1-40(2,3)36-33-31(38(27-19-11-7-12-20-27)28-21-13-8-14-22-28)32(34(35-33)37-41(4,5)6)39(29-23-15-9-16-24-29)30-25-17-10-18-26-30/h7-26H,1-6H3. The Bertz CT molecular complexity index is 1350. The van der Waals surface area contributed by atoms with Crippen molar-refractivity contribution in [1.29, 1.82) is 0 Å². The fourth-order valence-electron chi connectivity index (χ4n) is 4.59. The van der Waals surface area contributed by atoms with Gasteiger partial charge in [-0.15, -0.1) is 0 Å². The van der Waals surface area contributed by atoms with Gasteiger partial charge in [-0.25, -0.2) is 0 Å². The van der Waals surface area contributed by atoms with E-state index in [4.69, 9.17) is 13.3 Å². The lowest BCUT2D eigenvalue weighted by molar-refractivity contribution is 0.325. The van der Waals surface area contributed by atoms with Crippen LogP contribution in [0.2, 0.25) is 39.3 Å². The molecule has 5 rings (SSSR count). The van der Waals surface area contributed by atoms with Crippen molar-refractivity contribution in [1.82, 2.24) is 0 Å². The number of furan rings is 1. The molecule has 0 saturated heterocycles. The van der Waals surface area contributed by atoms with E-state index < -0.39 is 32.5 Å². The molecule has 0 aliphatic rings. The minimum atomic E-state index is -2.06. The molecule has 7 heteroatoms. The van der Waals surface area contributed by atoms with Crippen LogP contribution < -0.4 is 40.7 Å². The molecule has 210 valence electrons. The van der Waals surface area contributed by atoms with Crippen molar-refractivity contribution in [3.63, 3.8) is 0 Å². The predicted octanol–water partition coefficient (Wildman–Crippen LogP) is 7.22. The van der Waals surface area contributed by atoms with E-state index in [9.17, 15) is 0 Å². The fourth-order valence-corrected chi connectivity index (χ4v) is 11.4. The Morgan fingerprint density at radius 1 is 0.415 bits per heavy atom. The quantitative estimate of drug-likeness (QED) is 0.123. The molecule has 0 amide bonds. The van der Waals surface area contributed by atoms with E-state index in [1.54, 1.807) is 0 Å². The molecule has 0 aliphatic heterocycles. The van der Waals surface area contributed by atoms with E-state index in [1.807, 2.05) is 0 Å². The van der Waals surface area contributed by atoms with Gasteiger partial charge in [0.2, 0.25) is 16.6 Å². The van der Waals surface area contributed by atoms with Crippen LogP contribution in [-0.4, -0.2) is 16.6 Å². The second-order valence-corrected chi connectivity index (χ2v) is 25.0. The van der Waals surface area contributed by atoms with Crippen LogP contribution in [0, 0.1) is 0 Å². The summed E-state index contributed by atoms with van der Waals surface area (Å²) >= 11 is 0. The van der Waals surface area contributed by atoms with Crippen molar-refractivity contribution in [2.45, 2.75) is 39.3 Å². The van der Waals surface area contributed by atoms with E-state index >= 15 is 0 Å². The lowest BCUT2D eigenvalue weighted by Gasteiger charge is -2.27. The molecule has 0 unspecified atom stereocenters. The zero-order valence-electron chi connectivity index (χ0n) is 24.7. The summed E-state index contributed by atoms with van der Waals surface area (Å²) in [5.41, 5.74) is 0. The van der Waals surface area contributed by atoms with E-state index in [1.165, 1.54) is 21.2 Å². The van der Waals surface area contributed by atoms with Crippen LogP contribution in [0.1, 0.15) is 0 Å². The number of hydrogen-bond donors (Lipinski definition) is 0. The molecule has 0 saturated carbocycles. The van der Waals surface area contributed by atoms with Gasteiger partial charge in [0, 0.05) is 0 Å². The SMILES string of the molecule is C[Si](C)(C)Oc1oc(O[Si](C)(C)C)c(P(c2ccccc2)c2ccccc2)c1P(c1ccccc1)c1ccccc1. The van der Waals surface area contributed by atoms with E-state index in [2.05, 4.69) is 161 Å². The van der Waals surface area contributed by atoms with Crippen molar-refractivity contribution in [3.8, 4) is 11.9 Å². The molecule has 0 aliphatic carbocycles. The molecule has 4 aromatic carbocycles. The van der Waals surface area contributed by atoms with Gasteiger partial charge in [-0.1, -0.05) is 121 Å². The summed E-state index contributed by atoms with van der Waals surface area (Å²) in [6, 6.07) is 43.2. The van der Waals surface area contributed by atoms with E-state index in [0.717, 1.165) is 10.6 Å². The van der Waals surface area contributed by atoms with Crippen LogP contribution in [0.15, 0.2) is 126 Å². The molecule has 0 spiro atoms. The Labute approximate surface area is 249 Å². The van der Waals surface area contributed by atoms with Crippen LogP contribution >= 0.6 is 15.8 Å². The number of rotatable bonds is 10. The second kappa shape index (κ2) is 12.5. The maximum Gasteiger partial charge on any atom is 0.283 e. The maximum atomic E-state index is 6.85. The largest absolute Gasteiger partial charge is 0.519 e. The molecular weight excluding hydrogens is 574 g/mol. The van der Waals surface area contributed by atoms with Crippen molar-refractivity contribution in [3.05, 3.63) is 121 Å². The average Bonchev–Trinajstić information content (AvgIpc) is 3.25. The first-order chi connectivity index (χ1) is 19.6. The molecule has 1 heterocycles. The molecule has 0 bridgehead atoms. The Morgan fingerprint density at radius 2 is 0.659 bits per heavy atom. The summed E-state index contributed by atoms with van der Waals surface area (Å²) < 4.78 is 20.5. The van der Waals surface area contributed by atoms with Crippen LogP contribution in [-0.2, 0) is 0 Å². The van der Waals surface area contributed by atoms with Crippen LogP contribution in [0.25, 0.3) is 0 Å². The summed E-state index contributed by atoms with van der Waals surface area (Å²) in [7, 11) is -6.16. The van der Waals surface area contributed by atoms with Crippen LogP contribution in [0.3, 0.4) is 0 Å². The van der Waals surface area contributed by atoms with Gasteiger partial charge in [0.25, 0.3) is 11.9 Å². The van der Waals surface area contributed by atoms with Crippen LogP contribution in [0.5, 0.6) is 11.9 Å². The fraction of sp³-hybridized carbons (Fsp3) is 0.176. The first-order valence-electron chi connectivity index (χ1n) is 14.0. The van der Waals surface area contributed by atoms with Gasteiger partial charge in [0.15, 0.2) is 0 Å². The molecule has 0 N–H and O–H groups in total. The molecule has 0 fully saturated rings. The molecule has 1 aromatic heterocycles. The number of benzene rings is 4. The second-order valence-electron chi connectivity index (χ2n) is 11.8. The normalized spacial score (nSPS) is 12.1. The Morgan fingerprint density at radius 3 is 0.878 bits per heavy atom. The Kier molecular flexibility index (Phi) is 9.01.